The van der Waals surface area contributed by atoms with Crippen LogP contribution >= 0.6 is 23.4 Å². The smallest absolute Gasteiger partial charge is 0.158 e. The van der Waals surface area contributed by atoms with Gasteiger partial charge in [-0.2, -0.15) is 11.8 Å². The summed E-state index contributed by atoms with van der Waals surface area (Å²) in [7, 11) is 0. The van der Waals surface area contributed by atoms with Gasteiger partial charge in [-0.3, -0.25) is 0 Å². The Bertz CT molecular complexity index is 365. The van der Waals surface area contributed by atoms with Crippen LogP contribution in [0.15, 0.2) is 6.07 Å². The second kappa shape index (κ2) is 8.56. The first kappa shape index (κ1) is 15.5. The summed E-state index contributed by atoms with van der Waals surface area (Å²) < 4.78 is 5.28. The molecule has 1 aromatic rings. The Morgan fingerprint density at radius 2 is 2.22 bits per heavy atom. The summed E-state index contributed by atoms with van der Waals surface area (Å²) in [5.41, 5.74) is 0. The summed E-state index contributed by atoms with van der Waals surface area (Å²) in [6, 6.07) is 2.09. The molecule has 0 bridgehead atoms. The fraction of sp³-hybridized carbons (Fsp3) is 0.667. The van der Waals surface area contributed by atoms with Crippen molar-refractivity contribution < 1.29 is 4.74 Å². The number of hydrogen-bond acceptors (Lipinski definition) is 5. The minimum absolute atomic E-state index is 0.348. The quantitative estimate of drug-likeness (QED) is 0.745. The Labute approximate surface area is 118 Å². The molecule has 1 unspecified atom stereocenters. The van der Waals surface area contributed by atoms with Crippen LogP contribution in [0.1, 0.15) is 26.6 Å². The molecule has 0 radical (unpaired) electrons. The summed E-state index contributed by atoms with van der Waals surface area (Å²) in [4.78, 5) is 8.50. The van der Waals surface area contributed by atoms with Gasteiger partial charge in [0.2, 0.25) is 0 Å². The van der Waals surface area contributed by atoms with E-state index >= 15 is 0 Å². The molecule has 0 aliphatic carbocycles. The molecule has 0 aliphatic heterocycles. The van der Waals surface area contributed by atoms with E-state index in [0.717, 1.165) is 17.3 Å². The highest BCUT2D eigenvalue weighted by Crippen LogP contribution is 2.14. The maximum Gasteiger partial charge on any atom is 0.158 e. The van der Waals surface area contributed by atoms with E-state index in [9.17, 15) is 0 Å². The van der Waals surface area contributed by atoms with Crippen LogP contribution in [0.5, 0.6) is 0 Å². The standard InChI is InChI=1S/C12H20ClN3OS/c1-4-17-7-12-15-10(13)6-11(16-12)14-9(3)8-18-5-2/h6,9H,4-5,7-8H2,1-3H3,(H,14,15,16). The number of hydrogen-bond donors (Lipinski definition) is 1. The van der Waals surface area contributed by atoms with Crippen molar-refractivity contribution >= 4 is 29.2 Å². The normalized spacial score (nSPS) is 12.4. The van der Waals surface area contributed by atoms with Gasteiger partial charge in [-0.15, -0.1) is 0 Å². The van der Waals surface area contributed by atoms with Crippen LogP contribution in [0.2, 0.25) is 5.15 Å². The highest BCUT2D eigenvalue weighted by molar-refractivity contribution is 7.99. The Morgan fingerprint density at radius 3 is 2.89 bits per heavy atom. The Morgan fingerprint density at radius 1 is 1.44 bits per heavy atom. The monoisotopic (exact) mass is 289 g/mol. The van der Waals surface area contributed by atoms with Crippen LogP contribution in [0, 0.1) is 0 Å². The highest BCUT2D eigenvalue weighted by Gasteiger charge is 2.06. The van der Waals surface area contributed by atoms with Crippen molar-refractivity contribution in [3.8, 4) is 0 Å². The lowest BCUT2D eigenvalue weighted by atomic mass is 10.4. The zero-order valence-corrected chi connectivity index (χ0v) is 12.6. The lowest BCUT2D eigenvalue weighted by Gasteiger charge is -2.14. The molecule has 0 saturated carbocycles. The van der Waals surface area contributed by atoms with Crippen molar-refractivity contribution in [2.45, 2.75) is 33.4 Å². The Balaban J connectivity index is 2.61. The molecule has 0 saturated heterocycles. The van der Waals surface area contributed by atoms with E-state index in [2.05, 4.69) is 29.1 Å². The van der Waals surface area contributed by atoms with Gasteiger partial charge in [0, 0.05) is 24.5 Å². The fourth-order valence-electron chi connectivity index (χ4n) is 1.39. The van der Waals surface area contributed by atoms with E-state index in [1.807, 2.05) is 18.7 Å². The first-order chi connectivity index (χ1) is 8.65. The maximum absolute atomic E-state index is 5.96. The third-order valence-corrected chi connectivity index (χ3v) is 3.48. The summed E-state index contributed by atoms with van der Waals surface area (Å²) in [5, 5.41) is 3.76. The zero-order chi connectivity index (χ0) is 13.4. The molecule has 4 nitrogen and oxygen atoms in total. The van der Waals surface area contributed by atoms with Crippen molar-refractivity contribution in [3.63, 3.8) is 0 Å². The number of nitrogens with one attached hydrogen (secondary N) is 1. The van der Waals surface area contributed by atoms with Gasteiger partial charge in [-0.1, -0.05) is 18.5 Å². The molecule has 18 heavy (non-hydrogen) atoms. The highest BCUT2D eigenvalue weighted by atomic mass is 35.5. The van der Waals surface area contributed by atoms with Crippen molar-refractivity contribution in [3.05, 3.63) is 17.0 Å². The van der Waals surface area contributed by atoms with Gasteiger partial charge in [0.15, 0.2) is 5.82 Å². The molecule has 0 amide bonds. The van der Waals surface area contributed by atoms with Gasteiger partial charge in [0.25, 0.3) is 0 Å². The van der Waals surface area contributed by atoms with Crippen LogP contribution in [0.25, 0.3) is 0 Å². The predicted molar refractivity (Wildman–Crippen MR) is 78.5 cm³/mol. The third-order valence-electron chi connectivity index (χ3n) is 2.14. The minimum Gasteiger partial charge on any atom is -0.374 e. The number of halogens is 1. The fourth-order valence-corrected chi connectivity index (χ4v) is 2.26. The lowest BCUT2D eigenvalue weighted by Crippen LogP contribution is -2.19. The number of nitrogens with zero attached hydrogens (tertiary/aromatic N) is 2. The molecule has 0 fully saturated rings. The molecule has 0 aliphatic rings. The van der Waals surface area contributed by atoms with Gasteiger partial charge in [0.1, 0.15) is 17.6 Å². The molecular weight excluding hydrogens is 270 g/mol. The van der Waals surface area contributed by atoms with E-state index in [1.165, 1.54) is 0 Å². The molecule has 1 N–H and O–H groups in total. The molecule has 1 aromatic heterocycles. The molecule has 6 heteroatoms. The Kier molecular flexibility index (Phi) is 7.39. The maximum atomic E-state index is 5.96. The number of rotatable bonds is 8. The molecular formula is C12H20ClN3OS. The van der Waals surface area contributed by atoms with Crippen molar-refractivity contribution in [2.24, 2.45) is 0 Å². The molecule has 1 rings (SSSR count). The van der Waals surface area contributed by atoms with Crippen LogP contribution in [0.4, 0.5) is 5.82 Å². The van der Waals surface area contributed by atoms with Gasteiger partial charge in [-0.05, 0) is 19.6 Å². The average molecular weight is 290 g/mol. The predicted octanol–water partition coefficient (Wildman–Crippen LogP) is 3.22. The van der Waals surface area contributed by atoms with Gasteiger partial charge in [-0.25, -0.2) is 9.97 Å². The van der Waals surface area contributed by atoms with E-state index in [4.69, 9.17) is 16.3 Å². The Hall–Kier alpha value is -0.520. The van der Waals surface area contributed by atoms with Crippen molar-refractivity contribution in [2.75, 3.05) is 23.4 Å². The second-order valence-corrected chi connectivity index (χ2v) is 5.54. The minimum atomic E-state index is 0.348. The van der Waals surface area contributed by atoms with Gasteiger partial charge >= 0.3 is 0 Å². The molecule has 0 aromatic carbocycles. The van der Waals surface area contributed by atoms with E-state index in [-0.39, 0.29) is 0 Å². The first-order valence-electron chi connectivity index (χ1n) is 6.11. The molecule has 102 valence electrons. The second-order valence-electron chi connectivity index (χ2n) is 3.83. The summed E-state index contributed by atoms with van der Waals surface area (Å²) in [6.07, 6.45) is 0. The summed E-state index contributed by atoms with van der Waals surface area (Å²) >= 11 is 7.86. The average Bonchev–Trinajstić information content (AvgIpc) is 2.33. The van der Waals surface area contributed by atoms with Gasteiger partial charge < -0.3 is 10.1 Å². The molecule has 1 atom stereocenters. The van der Waals surface area contributed by atoms with E-state index in [1.54, 1.807) is 6.07 Å². The van der Waals surface area contributed by atoms with Crippen molar-refractivity contribution in [1.82, 2.24) is 9.97 Å². The van der Waals surface area contributed by atoms with E-state index < -0.39 is 0 Å². The summed E-state index contributed by atoms with van der Waals surface area (Å²) in [6.45, 7) is 7.25. The topological polar surface area (TPSA) is 47.0 Å². The van der Waals surface area contributed by atoms with Crippen LogP contribution in [0.3, 0.4) is 0 Å². The van der Waals surface area contributed by atoms with Crippen molar-refractivity contribution in [1.29, 1.82) is 0 Å². The van der Waals surface area contributed by atoms with E-state index in [0.29, 0.717) is 30.2 Å². The SMILES string of the molecule is CCOCc1nc(Cl)cc(NC(C)CSCC)n1. The number of thioether (sulfide) groups is 1. The number of aromatic nitrogens is 2. The molecule has 1 heterocycles. The number of anilines is 1. The first-order valence-corrected chi connectivity index (χ1v) is 7.64. The molecule has 0 spiro atoms. The summed E-state index contributed by atoms with van der Waals surface area (Å²) in [5.74, 6) is 3.53. The van der Waals surface area contributed by atoms with Crippen LogP contribution in [-0.4, -0.2) is 34.1 Å². The third kappa shape index (κ3) is 5.89. The van der Waals surface area contributed by atoms with Crippen LogP contribution < -0.4 is 5.32 Å². The van der Waals surface area contributed by atoms with Gasteiger partial charge in [0.05, 0.1) is 0 Å². The largest absolute Gasteiger partial charge is 0.374 e. The zero-order valence-electron chi connectivity index (χ0n) is 11.1. The number of ether oxygens (including phenoxy) is 1. The van der Waals surface area contributed by atoms with Crippen LogP contribution in [-0.2, 0) is 11.3 Å². The lowest BCUT2D eigenvalue weighted by molar-refractivity contribution is 0.128.